The highest BCUT2D eigenvalue weighted by molar-refractivity contribution is 7.99. The number of Topliss-reactive ketones (excluding diaryl/α,β-unsaturated/α-hetero) is 1. The number of thioether (sulfide) groups is 1. The zero-order valence-electron chi connectivity index (χ0n) is 20.1. The Bertz CT molecular complexity index is 1100. The smallest absolute Gasteiger partial charge is 0.277 e. The minimum Gasteiger partial charge on any atom is -0.493 e. The molecule has 0 fully saturated rings. The Balaban J connectivity index is 1.78. The quantitative estimate of drug-likeness (QED) is 0.264. The van der Waals surface area contributed by atoms with Crippen LogP contribution in [0.15, 0.2) is 40.0 Å². The summed E-state index contributed by atoms with van der Waals surface area (Å²) in [6.07, 6.45) is 0. The molecule has 0 N–H and O–H groups in total. The van der Waals surface area contributed by atoms with Gasteiger partial charge in [0.15, 0.2) is 17.3 Å². The lowest BCUT2D eigenvalue weighted by atomic mass is 9.90. The van der Waals surface area contributed by atoms with E-state index in [1.807, 2.05) is 12.1 Å². The highest BCUT2D eigenvalue weighted by atomic mass is 32.2. The van der Waals surface area contributed by atoms with Crippen LogP contribution in [-0.2, 0) is 0 Å². The Hall–Kier alpha value is -3.00. The number of carbonyl (C=O) groups is 1. The molecule has 8 heteroatoms. The minimum atomic E-state index is 0.0338. The van der Waals surface area contributed by atoms with E-state index in [2.05, 4.69) is 44.0 Å². The Kier molecular flexibility index (Phi) is 8.02. The molecule has 0 aliphatic rings. The fourth-order valence-electron chi connectivity index (χ4n) is 3.47. The molecule has 7 nitrogen and oxygen atoms in total. The van der Waals surface area contributed by atoms with Crippen molar-refractivity contribution in [2.45, 2.75) is 44.8 Å². The van der Waals surface area contributed by atoms with Crippen molar-refractivity contribution in [3.63, 3.8) is 0 Å². The van der Waals surface area contributed by atoms with Crippen LogP contribution in [0.3, 0.4) is 0 Å². The highest BCUT2D eigenvalue weighted by Crippen LogP contribution is 2.41. The molecular formula is C25H30N2O5S. The molecule has 3 rings (SSSR count). The molecule has 0 amide bonds. The largest absolute Gasteiger partial charge is 0.493 e. The maximum atomic E-state index is 13.0. The predicted molar refractivity (Wildman–Crippen MR) is 129 cm³/mol. The SMILES string of the molecule is COc1cc(-c2nnc(SCC(=O)c3ccc(C(C)C)cc3C(C)C)o2)cc(OC)c1OC. The lowest BCUT2D eigenvalue weighted by molar-refractivity contribution is 0.102. The van der Waals surface area contributed by atoms with Crippen molar-refractivity contribution in [2.24, 2.45) is 0 Å². The van der Waals surface area contributed by atoms with Crippen LogP contribution in [0.2, 0.25) is 0 Å². The van der Waals surface area contributed by atoms with Gasteiger partial charge in [0.25, 0.3) is 5.22 Å². The van der Waals surface area contributed by atoms with E-state index in [9.17, 15) is 4.79 Å². The number of hydrogen-bond acceptors (Lipinski definition) is 8. The Morgan fingerprint density at radius 1 is 0.939 bits per heavy atom. The number of aromatic nitrogens is 2. The fraction of sp³-hybridized carbons (Fsp3) is 0.400. The fourth-order valence-corrected chi connectivity index (χ4v) is 4.11. The maximum absolute atomic E-state index is 13.0. The molecule has 3 aromatic rings. The molecule has 2 aromatic carbocycles. The van der Waals surface area contributed by atoms with Gasteiger partial charge >= 0.3 is 0 Å². The van der Waals surface area contributed by atoms with E-state index in [1.165, 1.54) is 17.3 Å². The third-order valence-corrected chi connectivity index (χ3v) is 6.13. The standard InChI is InChI=1S/C25H30N2O5S/c1-14(2)16-8-9-18(19(10-16)15(3)4)20(28)13-33-25-27-26-24(32-25)17-11-21(29-5)23(31-7)22(12-17)30-6/h8-12,14-15H,13H2,1-7H3. The zero-order valence-corrected chi connectivity index (χ0v) is 20.9. The molecule has 0 spiro atoms. The molecule has 0 unspecified atom stereocenters. The molecule has 176 valence electrons. The van der Waals surface area contributed by atoms with Crippen molar-refractivity contribution in [1.82, 2.24) is 10.2 Å². The topological polar surface area (TPSA) is 83.7 Å². The van der Waals surface area contributed by atoms with Crippen LogP contribution in [0.5, 0.6) is 17.2 Å². The zero-order chi connectivity index (χ0) is 24.1. The van der Waals surface area contributed by atoms with Gasteiger partial charge in [-0.05, 0) is 35.1 Å². The molecule has 0 radical (unpaired) electrons. The molecule has 33 heavy (non-hydrogen) atoms. The molecule has 0 saturated carbocycles. The van der Waals surface area contributed by atoms with Crippen LogP contribution in [0.25, 0.3) is 11.5 Å². The minimum absolute atomic E-state index is 0.0338. The first-order chi connectivity index (χ1) is 15.8. The molecule has 0 aliphatic heterocycles. The van der Waals surface area contributed by atoms with Gasteiger partial charge < -0.3 is 18.6 Å². The normalized spacial score (nSPS) is 11.2. The number of rotatable bonds is 10. The monoisotopic (exact) mass is 470 g/mol. The molecular weight excluding hydrogens is 440 g/mol. The van der Waals surface area contributed by atoms with Gasteiger partial charge in [-0.3, -0.25) is 4.79 Å². The summed E-state index contributed by atoms with van der Waals surface area (Å²) in [5, 5.41) is 8.52. The first kappa shape index (κ1) is 24.6. The van der Waals surface area contributed by atoms with Gasteiger partial charge in [-0.2, -0.15) is 0 Å². The van der Waals surface area contributed by atoms with E-state index in [0.717, 1.165) is 11.1 Å². The summed E-state index contributed by atoms with van der Waals surface area (Å²) in [6, 6.07) is 9.58. The second-order valence-electron chi connectivity index (χ2n) is 8.16. The van der Waals surface area contributed by atoms with Gasteiger partial charge in [-0.1, -0.05) is 57.7 Å². The summed E-state index contributed by atoms with van der Waals surface area (Å²) in [6.45, 7) is 8.51. The van der Waals surface area contributed by atoms with Crippen LogP contribution < -0.4 is 14.2 Å². The van der Waals surface area contributed by atoms with E-state index < -0.39 is 0 Å². The van der Waals surface area contributed by atoms with Crippen molar-refractivity contribution in [2.75, 3.05) is 27.1 Å². The number of methoxy groups -OCH3 is 3. The Labute approximate surface area is 198 Å². The van der Waals surface area contributed by atoms with E-state index in [1.54, 1.807) is 33.5 Å². The van der Waals surface area contributed by atoms with Crippen molar-refractivity contribution in [1.29, 1.82) is 0 Å². The summed E-state index contributed by atoms with van der Waals surface area (Å²) < 4.78 is 21.9. The van der Waals surface area contributed by atoms with Crippen molar-refractivity contribution in [3.05, 3.63) is 47.0 Å². The van der Waals surface area contributed by atoms with E-state index in [4.69, 9.17) is 18.6 Å². The summed E-state index contributed by atoms with van der Waals surface area (Å²) in [5.41, 5.74) is 3.66. The second-order valence-corrected chi connectivity index (χ2v) is 9.08. The summed E-state index contributed by atoms with van der Waals surface area (Å²) in [4.78, 5) is 13.0. The predicted octanol–water partition coefficient (Wildman–Crippen LogP) is 5.98. The number of carbonyl (C=O) groups excluding carboxylic acids is 1. The Morgan fingerprint density at radius 3 is 2.15 bits per heavy atom. The lowest BCUT2D eigenvalue weighted by Gasteiger charge is -2.15. The van der Waals surface area contributed by atoms with E-state index >= 15 is 0 Å². The molecule has 0 aliphatic carbocycles. The second kappa shape index (κ2) is 10.7. The number of ether oxygens (including phenoxy) is 3. The maximum Gasteiger partial charge on any atom is 0.277 e. The highest BCUT2D eigenvalue weighted by Gasteiger charge is 2.20. The van der Waals surface area contributed by atoms with Gasteiger partial charge in [0.2, 0.25) is 11.6 Å². The van der Waals surface area contributed by atoms with Crippen molar-refractivity contribution in [3.8, 4) is 28.7 Å². The third-order valence-electron chi connectivity index (χ3n) is 5.31. The summed E-state index contributed by atoms with van der Waals surface area (Å²) >= 11 is 1.22. The van der Waals surface area contributed by atoms with Crippen LogP contribution in [-0.4, -0.2) is 43.1 Å². The average molecular weight is 471 g/mol. The van der Waals surface area contributed by atoms with Crippen LogP contribution in [0.4, 0.5) is 0 Å². The van der Waals surface area contributed by atoms with Gasteiger partial charge in [-0.25, -0.2) is 0 Å². The molecule has 0 atom stereocenters. The van der Waals surface area contributed by atoms with Gasteiger partial charge in [0.1, 0.15) is 0 Å². The first-order valence-corrected chi connectivity index (χ1v) is 11.7. The van der Waals surface area contributed by atoms with Gasteiger partial charge in [-0.15, -0.1) is 10.2 Å². The number of ketones is 1. The molecule has 0 bridgehead atoms. The van der Waals surface area contributed by atoms with Gasteiger partial charge in [0, 0.05) is 11.1 Å². The molecule has 0 saturated heterocycles. The number of hydrogen-bond donors (Lipinski definition) is 0. The summed E-state index contributed by atoms with van der Waals surface area (Å²) in [5.74, 6) is 2.65. The number of benzene rings is 2. The van der Waals surface area contributed by atoms with Crippen molar-refractivity contribution >= 4 is 17.5 Å². The first-order valence-electron chi connectivity index (χ1n) is 10.7. The van der Waals surface area contributed by atoms with E-state index in [-0.39, 0.29) is 17.5 Å². The number of nitrogens with zero attached hydrogens (tertiary/aromatic N) is 2. The van der Waals surface area contributed by atoms with Crippen LogP contribution in [0, 0.1) is 0 Å². The summed E-state index contributed by atoms with van der Waals surface area (Å²) in [7, 11) is 4.63. The third kappa shape index (κ3) is 5.50. The molecule has 1 aromatic heterocycles. The van der Waals surface area contributed by atoms with Crippen molar-refractivity contribution < 1.29 is 23.4 Å². The van der Waals surface area contributed by atoms with Crippen LogP contribution in [0.1, 0.15) is 61.0 Å². The Morgan fingerprint density at radius 2 is 1.61 bits per heavy atom. The average Bonchev–Trinajstić information content (AvgIpc) is 3.30. The molecule has 1 heterocycles. The van der Waals surface area contributed by atoms with Gasteiger partial charge in [0.05, 0.1) is 27.1 Å². The van der Waals surface area contributed by atoms with Crippen LogP contribution >= 0.6 is 11.8 Å². The van der Waals surface area contributed by atoms with E-state index in [0.29, 0.717) is 39.8 Å². The lowest BCUT2D eigenvalue weighted by Crippen LogP contribution is -2.08.